The number of alkyl halides is 1. The molecular formula is C13H31BBrN3Ti. The minimum Gasteiger partial charge on any atom is -0.689 e. The van der Waals surface area contributed by atoms with Crippen LogP contribution in [-0.4, -0.2) is 46.9 Å². The van der Waals surface area contributed by atoms with Gasteiger partial charge in [0.05, 0.1) is 0 Å². The first-order valence-corrected chi connectivity index (χ1v) is 7.17. The fraction of sp³-hybridized carbons (Fsp3) is 0.923. The van der Waals surface area contributed by atoms with Gasteiger partial charge in [0.2, 0.25) is 0 Å². The maximum Gasteiger partial charge on any atom is 4.00 e. The summed E-state index contributed by atoms with van der Waals surface area (Å²) < 4.78 is 0. The van der Waals surface area contributed by atoms with Crippen molar-refractivity contribution in [3.63, 3.8) is 0 Å². The molecule has 1 fully saturated rings. The summed E-state index contributed by atoms with van der Waals surface area (Å²) in [6.07, 6.45) is 5.43. The van der Waals surface area contributed by atoms with Crippen LogP contribution >= 0.6 is 15.9 Å². The Kier molecular flexibility index (Phi) is 32.0. The molecule has 0 bridgehead atoms. The second kappa shape index (κ2) is 21.4. The van der Waals surface area contributed by atoms with Gasteiger partial charge in [-0.15, -0.1) is 6.82 Å². The van der Waals surface area contributed by atoms with Gasteiger partial charge in [0.15, 0.2) is 0 Å². The largest absolute Gasteiger partial charge is 4.00 e. The Hall–Kier alpha value is 1.14. The Morgan fingerprint density at radius 3 is 1.74 bits per heavy atom. The van der Waals surface area contributed by atoms with Crippen molar-refractivity contribution in [3.05, 3.63) is 23.3 Å². The predicted molar refractivity (Wildman–Crippen MR) is 92.6 cm³/mol. The number of halogens is 1. The van der Waals surface area contributed by atoms with Gasteiger partial charge >= 0.3 is 21.7 Å². The number of rotatable bonds is 3. The van der Waals surface area contributed by atoms with Crippen LogP contribution in [0.1, 0.15) is 19.3 Å². The fourth-order valence-electron chi connectivity index (χ4n) is 1.80. The Labute approximate surface area is 145 Å². The first-order valence-electron chi connectivity index (χ1n) is 6.26. The Morgan fingerprint density at radius 2 is 1.47 bits per heavy atom. The van der Waals surface area contributed by atoms with Crippen LogP contribution in [0.2, 0.25) is 13.1 Å². The summed E-state index contributed by atoms with van der Waals surface area (Å²) in [6.45, 7) is 2.76. The van der Waals surface area contributed by atoms with E-state index in [9.17, 15) is 0 Å². The zero-order valence-corrected chi connectivity index (χ0v) is 16.9. The molecule has 0 saturated heterocycles. The molecule has 19 heavy (non-hydrogen) atoms. The normalized spacial score (nSPS) is 19.7. The minimum atomic E-state index is 0. The summed E-state index contributed by atoms with van der Waals surface area (Å²) in [4.78, 5) is 0.770. The van der Waals surface area contributed by atoms with Crippen molar-refractivity contribution in [2.45, 2.75) is 37.2 Å². The Bertz CT molecular complexity index is 154. The molecule has 0 spiro atoms. The molecule has 0 aliphatic heterocycles. The summed E-state index contributed by atoms with van der Waals surface area (Å²) in [5, 5.41) is 11.3. The van der Waals surface area contributed by atoms with Crippen LogP contribution in [0.3, 0.4) is 0 Å². The van der Waals surface area contributed by atoms with Gasteiger partial charge in [-0.1, -0.05) is 35.1 Å². The third kappa shape index (κ3) is 19.1. The molecule has 0 amide bonds. The number of hydrogen-bond donors (Lipinski definition) is 0. The molecule has 1 unspecified atom stereocenters. The van der Waals surface area contributed by atoms with Crippen LogP contribution in [0.5, 0.6) is 0 Å². The zero-order valence-electron chi connectivity index (χ0n) is 13.8. The topological polar surface area (TPSA) is 42.3 Å². The maximum atomic E-state index is 4.27. The van der Waals surface area contributed by atoms with Gasteiger partial charge in [-0.05, 0) is 12.3 Å². The van der Waals surface area contributed by atoms with Crippen molar-refractivity contribution in [1.29, 1.82) is 0 Å². The average molecular weight is 368 g/mol. The molecule has 1 aliphatic rings. The average Bonchev–Trinajstić information content (AvgIpc) is 2.66. The molecule has 1 aliphatic carbocycles. The van der Waals surface area contributed by atoms with Crippen molar-refractivity contribution in [1.82, 2.24) is 0 Å². The molecule has 0 aromatic heterocycles. The molecule has 0 aromatic carbocycles. The standard InChI is InChI=1S/C8H16BBrN.2C2H6N.CH3.Ti/c1-9(11-2)6-7-4-3-5-8(7)10;2*1-3-2;;/h7-8H,3-6H2,1-2H3;2*1-2H3;1H3;/q4*-1;+4/t7-,8?;;;;/m0..../s1. The van der Waals surface area contributed by atoms with Gasteiger partial charge in [-0.3, -0.25) is 0 Å². The maximum absolute atomic E-state index is 4.27. The monoisotopic (exact) mass is 367 g/mol. The van der Waals surface area contributed by atoms with Crippen LogP contribution in [0, 0.1) is 13.3 Å². The van der Waals surface area contributed by atoms with E-state index in [2.05, 4.69) is 38.6 Å². The van der Waals surface area contributed by atoms with Gasteiger partial charge in [0, 0.05) is 11.7 Å². The minimum absolute atomic E-state index is 0. The third-order valence-corrected chi connectivity index (χ3v) is 3.86. The molecule has 1 saturated carbocycles. The van der Waals surface area contributed by atoms with Crippen molar-refractivity contribution >= 4 is 22.8 Å². The van der Waals surface area contributed by atoms with Crippen molar-refractivity contribution in [3.8, 4) is 0 Å². The van der Waals surface area contributed by atoms with E-state index >= 15 is 0 Å². The van der Waals surface area contributed by atoms with Crippen molar-refractivity contribution in [2.24, 2.45) is 5.92 Å². The smallest absolute Gasteiger partial charge is 0.689 e. The van der Waals surface area contributed by atoms with Gasteiger partial charge < -0.3 is 23.3 Å². The fourth-order valence-corrected chi connectivity index (χ4v) is 2.60. The molecule has 0 heterocycles. The second-order valence-corrected chi connectivity index (χ2v) is 5.62. The van der Waals surface area contributed by atoms with Gasteiger partial charge in [0.25, 0.3) is 0 Å². The molecule has 6 heteroatoms. The molecule has 0 N–H and O–H groups in total. The van der Waals surface area contributed by atoms with Crippen LogP contribution in [0.4, 0.5) is 0 Å². The Balaban J connectivity index is -0.000000122. The molecule has 112 valence electrons. The van der Waals surface area contributed by atoms with E-state index in [1.54, 1.807) is 28.2 Å². The van der Waals surface area contributed by atoms with Crippen molar-refractivity contribution in [2.75, 3.05) is 35.2 Å². The summed E-state index contributed by atoms with van der Waals surface area (Å²) >= 11 is 3.72. The summed E-state index contributed by atoms with van der Waals surface area (Å²) in [5.74, 6) is 0.883. The number of hydrogen-bond acceptors (Lipinski definition) is 0. The van der Waals surface area contributed by atoms with Gasteiger partial charge in [-0.2, -0.15) is 35.2 Å². The molecule has 3 nitrogen and oxygen atoms in total. The van der Waals surface area contributed by atoms with Crippen LogP contribution in [-0.2, 0) is 21.7 Å². The van der Waals surface area contributed by atoms with E-state index in [0.29, 0.717) is 6.85 Å². The zero-order chi connectivity index (χ0) is 13.7. The quantitative estimate of drug-likeness (QED) is 0.388. The second-order valence-electron chi connectivity index (χ2n) is 4.44. The van der Waals surface area contributed by atoms with Crippen LogP contribution in [0.25, 0.3) is 15.9 Å². The number of nitrogens with zero attached hydrogens (tertiary/aromatic N) is 3. The Morgan fingerprint density at radius 1 is 1.05 bits per heavy atom. The van der Waals surface area contributed by atoms with E-state index in [1.165, 1.54) is 25.6 Å². The molecule has 2 atom stereocenters. The molecule has 0 aromatic rings. The van der Waals surface area contributed by atoms with E-state index in [-0.39, 0.29) is 29.1 Å². The molecule has 1 rings (SSSR count). The first kappa shape index (κ1) is 28.3. The summed E-state index contributed by atoms with van der Waals surface area (Å²) in [6, 6.07) is 0. The summed E-state index contributed by atoms with van der Waals surface area (Å²) in [5.41, 5.74) is 0. The van der Waals surface area contributed by atoms with Crippen LogP contribution in [0.15, 0.2) is 0 Å². The first-order chi connectivity index (χ1) is 8.06. The van der Waals surface area contributed by atoms with E-state index in [0.717, 1.165) is 10.7 Å². The predicted octanol–water partition coefficient (Wildman–Crippen LogP) is 4.86. The van der Waals surface area contributed by atoms with E-state index in [1.807, 2.05) is 7.05 Å². The molecule has 0 radical (unpaired) electrons. The van der Waals surface area contributed by atoms with Gasteiger partial charge in [0.1, 0.15) is 0 Å². The molecular weight excluding hydrogens is 337 g/mol. The summed E-state index contributed by atoms with van der Waals surface area (Å²) in [7, 11) is 8.92. The third-order valence-electron chi connectivity index (χ3n) is 2.65. The van der Waals surface area contributed by atoms with E-state index in [4.69, 9.17) is 0 Å². The van der Waals surface area contributed by atoms with E-state index < -0.39 is 0 Å². The van der Waals surface area contributed by atoms with Gasteiger partial charge in [-0.25, -0.2) is 0 Å². The van der Waals surface area contributed by atoms with Crippen molar-refractivity contribution < 1.29 is 21.7 Å². The SMILES string of the molecule is C[N-]B(C)C[C@@H]1CCCC1Br.C[N-]C.C[N-]C.[CH3-].[Ti+4]. The van der Waals surface area contributed by atoms with Crippen LogP contribution < -0.4 is 0 Å².